The maximum Gasteiger partial charge on any atom is 0.234 e. The molecule has 0 heterocycles. The first kappa shape index (κ1) is 12.9. The van der Waals surface area contributed by atoms with Crippen LogP contribution >= 0.6 is 0 Å². The molecular formula is C14H21N3O. The van der Waals surface area contributed by atoms with Gasteiger partial charge in [-0.05, 0) is 44.0 Å². The zero-order valence-electron chi connectivity index (χ0n) is 11.1. The van der Waals surface area contributed by atoms with Gasteiger partial charge in [-0.15, -0.1) is 0 Å². The molecule has 0 radical (unpaired) electrons. The summed E-state index contributed by atoms with van der Waals surface area (Å²) in [5, 5.41) is 2.99. The van der Waals surface area contributed by atoms with Crippen molar-refractivity contribution in [3.05, 3.63) is 29.3 Å². The topological polar surface area (TPSA) is 58.4 Å². The molecule has 1 aromatic carbocycles. The Morgan fingerprint density at radius 1 is 1.50 bits per heavy atom. The molecule has 0 atom stereocenters. The highest BCUT2D eigenvalue weighted by molar-refractivity contribution is 5.78. The summed E-state index contributed by atoms with van der Waals surface area (Å²) in [5.74, 6) is 0.113. The predicted octanol–water partition coefficient (Wildman–Crippen LogP) is 1.29. The van der Waals surface area contributed by atoms with Gasteiger partial charge >= 0.3 is 0 Å². The third-order valence-corrected chi connectivity index (χ3v) is 3.28. The van der Waals surface area contributed by atoms with Gasteiger partial charge in [0.2, 0.25) is 5.91 Å². The Balaban J connectivity index is 1.87. The van der Waals surface area contributed by atoms with E-state index in [9.17, 15) is 4.79 Å². The van der Waals surface area contributed by atoms with Crippen LogP contribution in [-0.4, -0.2) is 30.4 Å². The van der Waals surface area contributed by atoms with Gasteiger partial charge in [0, 0.05) is 18.3 Å². The van der Waals surface area contributed by atoms with Crippen LogP contribution in [0.3, 0.4) is 0 Å². The summed E-state index contributed by atoms with van der Waals surface area (Å²) in [6.07, 6.45) is 2.26. The molecule has 1 amide bonds. The third kappa shape index (κ3) is 3.47. The molecule has 0 spiro atoms. The van der Waals surface area contributed by atoms with Crippen LogP contribution in [0.4, 0.5) is 5.69 Å². The van der Waals surface area contributed by atoms with Crippen molar-refractivity contribution in [2.24, 2.45) is 0 Å². The molecule has 1 aliphatic rings. The monoisotopic (exact) mass is 247 g/mol. The van der Waals surface area contributed by atoms with Crippen molar-refractivity contribution in [3.63, 3.8) is 0 Å². The van der Waals surface area contributed by atoms with E-state index in [2.05, 4.69) is 11.4 Å². The molecule has 98 valence electrons. The van der Waals surface area contributed by atoms with Crippen LogP contribution in [0, 0.1) is 6.92 Å². The summed E-state index contributed by atoms with van der Waals surface area (Å²) in [4.78, 5) is 13.7. The molecule has 4 nitrogen and oxygen atoms in total. The van der Waals surface area contributed by atoms with E-state index in [0.29, 0.717) is 12.6 Å². The van der Waals surface area contributed by atoms with Crippen LogP contribution in [0.1, 0.15) is 24.0 Å². The lowest BCUT2D eigenvalue weighted by Gasteiger charge is -2.18. The smallest absolute Gasteiger partial charge is 0.234 e. The number of rotatable bonds is 5. The maximum absolute atomic E-state index is 11.7. The zero-order chi connectivity index (χ0) is 13.1. The van der Waals surface area contributed by atoms with Gasteiger partial charge in [0.15, 0.2) is 0 Å². The SMILES string of the molecule is Cc1c(N)cccc1CN(C)CC(=O)NC1CC1. The summed E-state index contributed by atoms with van der Waals surface area (Å²) in [5.41, 5.74) is 8.96. The van der Waals surface area contributed by atoms with Crippen molar-refractivity contribution < 1.29 is 4.79 Å². The Hall–Kier alpha value is -1.55. The lowest BCUT2D eigenvalue weighted by molar-refractivity contribution is -0.122. The normalized spacial score (nSPS) is 14.8. The Kier molecular flexibility index (Phi) is 3.87. The molecule has 1 aromatic rings. The number of carbonyl (C=O) groups excluding carboxylic acids is 1. The van der Waals surface area contributed by atoms with E-state index in [1.165, 1.54) is 5.56 Å². The second kappa shape index (κ2) is 5.40. The Morgan fingerprint density at radius 3 is 2.89 bits per heavy atom. The number of benzene rings is 1. The largest absolute Gasteiger partial charge is 0.399 e. The van der Waals surface area contributed by atoms with E-state index in [4.69, 9.17) is 5.73 Å². The van der Waals surface area contributed by atoms with Crippen molar-refractivity contribution in [1.82, 2.24) is 10.2 Å². The maximum atomic E-state index is 11.7. The molecule has 1 fully saturated rings. The van der Waals surface area contributed by atoms with Gasteiger partial charge in [0.05, 0.1) is 6.54 Å². The first-order valence-corrected chi connectivity index (χ1v) is 6.38. The number of anilines is 1. The van der Waals surface area contributed by atoms with E-state index in [-0.39, 0.29) is 5.91 Å². The first-order valence-electron chi connectivity index (χ1n) is 6.38. The molecule has 1 saturated carbocycles. The Bertz CT molecular complexity index is 441. The number of nitrogens with two attached hydrogens (primary N) is 1. The average molecular weight is 247 g/mol. The minimum atomic E-state index is 0.113. The number of amides is 1. The number of hydrogen-bond acceptors (Lipinski definition) is 3. The summed E-state index contributed by atoms with van der Waals surface area (Å²) >= 11 is 0. The lowest BCUT2D eigenvalue weighted by atomic mass is 10.1. The Morgan fingerprint density at radius 2 is 2.22 bits per heavy atom. The second-order valence-electron chi connectivity index (χ2n) is 5.15. The summed E-state index contributed by atoms with van der Waals surface area (Å²) in [6.45, 7) is 3.20. The van der Waals surface area contributed by atoms with Gasteiger partial charge in [-0.2, -0.15) is 0 Å². The van der Waals surface area contributed by atoms with Crippen LogP contribution in [0.2, 0.25) is 0 Å². The molecule has 2 rings (SSSR count). The van der Waals surface area contributed by atoms with Gasteiger partial charge in [-0.3, -0.25) is 9.69 Å². The minimum absolute atomic E-state index is 0.113. The van der Waals surface area contributed by atoms with Gasteiger partial charge < -0.3 is 11.1 Å². The van der Waals surface area contributed by atoms with Crippen molar-refractivity contribution in [2.75, 3.05) is 19.3 Å². The summed E-state index contributed by atoms with van der Waals surface area (Å²) < 4.78 is 0. The van der Waals surface area contributed by atoms with Crippen molar-refractivity contribution >= 4 is 11.6 Å². The lowest BCUT2D eigenvalue weighted by Crippen LogP contribution is -2.36. The van der Waals surface area contributed by atoms with E-state index >= 15 is 0 Å². The molecule has 3 N–H and O–H groups in total. The summed E-state index contributed by atoms with van der Waals surface area (Å²) in [6, 6.07) is 6.34. The van der Waals surface area contributed by atoms with Crippen LogP contribution in [0.25, 0.3) is 0 Å². The number of nitrogens with one attached hydrogen (secondary N) is 1. The fraction of sp³-hybridized carbons (Fsp3) is 0.500. The molecule has 1 aliphatic carbocycles. The second-order valence-corrected chi connectivity index (χ2v) is 5.15. The number of nitrogen functional groups attached to an aromatic ring is 1. The predicted molar refractivity (Wildman–Crippen MR) is 73.1 cm³/mol. The van der Waals surface area contributed by atoms with Crippen LogP contribution in [0.15, 0.2) is 18.2 Å². The van der Waals surface area contributed by atoms with Crippen LogP contribution in [0.5, 0.6) is 0 Å². The van der Waals surface area contributed by atoms with Gasteiger partial charge in [-0.25, -0.2) is 0 Å². The van der Waals surface area contributed by atoms with Crippen LogP contribution in [-0.2, 0) is 11.3 Å². The number of carbonyl (C=O) groups is 1. The number of nitrogens with zero attached hydrogens (tertiary/aromatic N) is 1. The molecule has 0 aromatic heterocycles. The minimum Gasteiger partial charge on any atom is -0.399 e. The highest BCUT2D eigenvalue weighted by atomic mass is 16.2. The fourth-order valence-corrected chi connectivity index (χ4v) is 1.97. The zero-order valence-corrected chi connectivity index (χ0v) is 11.1. The first-order chi connectivity index (χ1) is 8.56. The van der Waals surface area contributed by atoms with E-state index < -0.39 is 0 Å². The van der Waals surface area contributed by atoms with Gasteiger partial charge in [0.25, 0.3) is 0 Å². The molecule has 4 heteroatoms. The van der Waals surface area contributed by atoms with Crippen LogP contribution < -0.4 is 11.1 Å². The molecular weight excluding hydrogens is 226 g/mol. The highest BCUT2D eigenvalue weighted by Gasteiger charge is 2.23. The molecule has 0 aliphatic heterocycles. The van der Waals surface area contributed by atoms with Crippen molar-refractivity contribution in [3.8, 4) is 0 Å². The molecule has 0 bridgehead atoms. The van der Waals surface area contributed by atoms with Crippen molar-refractivity contribution in [2.45, 2.75) is 32.4 Å². The van der Waals surface area contributed by atoms with E-state index in [0.717, 1.165) is 30.6 Å². The quantitative estimate of drug-likeness (QED) is 0.771. The van der Waals surface area contributed by atoms with Gasteiger partial charge in [-0.1, -0.05) is 12.1 Å². The average Bonchev–Trinajstić information content (AvgIpc) is 3.08. The van der Waals surface area contributed by atoms with E-state index in [1.54, 1.807) is 0 Å². The fourth-order valence-electron chi connectivity index (χ4n) is 1.97. The summed E-state index contributed by atoms with van der Waals surface area (Å²) in [7, 11) is 1.95. The number of hydrogen-bond donors (Lipinski definition) is 2. The molecule has 0 saturated heterocycles. The highest BCUT2D eigenvalue weighted by Crippen LogP contribution is 2.19. The Labute approximate surface area is 108 Å². The van der Waals surface area contributed by atoms with Crippen molar-refractivity contribution in [1.29, 1.82) is 0 Å². The molecule has 18 heavy (non-hydrogen) atoms. The van der Waals surface area contributed by atoms with Gasteiger partial charge in [0.1, 0.15) is 0 Å². The van der Waals surface area contributed by atoms with E-state index in [1.807, 2.05) is 31.0 Å². The molecule has 0 unspecified atom stereocenters. The third-order valence-electron chi connectivity index (χ3n) is 3.28. The number of likely N-dealkylation sites (N-methyl/N-ethyl adjacent to an activating group) is 1. The standard InChI is InChI=1S/C14H21N3O/c1-10-11(4-3-5-13(10)15)8-17(2)9-14(18)16-12-6-7-12/h3-5,12H,6-9,15H2,1-2H3,(H,16,18).